The van der Waals surface area contributed by atoms with Crippen LogP contribution in [0.3, 0.4) is 0 Å². The zero-order valence-corrected chi connectivity index (χ0v) is 12.1. The minimum atomic E-state index is -0.965. The molecule has 3 rings (SSSR count). The lowest BCUT2D eigenvalue weighted by Gasteiger charge is -2.14. The monoisotopic (exact) mass is 327 g/mol. The number of carbonyl (C=O) groups is 1. The average molecular weight is 328 g/mol. The Balaban J connectivity index is 2.02. The zero-order valence-electron chi connectivity index (χ0n) is 10.6. The van der Waals surface area contributed by atoms with Crippen LogP contribution in [0.25, 0.3) is 0 Å². The number of benzene rings is 2. The summed E-state index contributed by atoms with van der Waals surface area (Å²) in [6, 6.07) is 6.80. The number of amides is 1. The first-order valence-electron chi connectivity index (χ1n) is 6.17. The molecule has 1 N–H and O–H groups in total. The highest BCUT2D eigenvalue weighted by molar-refractivity contribution is 6.33. The van der Waals surface area contributed by atoms with Crippen LogP contribution in [-0.4, -0.2) is 5.91 Å². The summed E-state index contributed by atoms with van der Waals surface area (Å²) < 4.78 is 26.3. The van der Waals surface area contributed by atoms with Crippen molar-refractivity contribution >= 4 is 34.8 Å². The van der Waals surface area contributed by atoms with Gasteiger partial charge in [0, 0.05) is 10.7 Å². The molecule has 108 valence electrons. The van der Waals surface area contributed by atoms with Gasteiger partial charge in [0.15, 0.2) is 11.6 Å². The minimum absolute atomic E-state index is 0.114. The molecule has 1 unspecified atom stereocenters. The first-order chi connectivity index (χ1) is 9.95. The number of halogens is 4. The van der Waals surface area contributed by atoms with Gasteiger partial charge in [-0.1, -0.05) is 17.7 Å². The number of anilines is 1. The molecule has 1 amide bonds. The Kier molecular flexibility index (Phi) is 3.59. The maximum Gasteiger partial charge on any atom is 0.228 e. The molecule has 0 saturated carbocycles. The fraction of sp³-hybridized carbons (Fsp3) is 0.133. The maximum absolute atomic E-state index is 13.3. The Morgan fingerprint density at radius 2 is 1.90 bits per heavy atom. The van der Waals surface area contributed by atoms with Gasteiger partial charge in [-0.05, 0) is 41.0 Å². The molecule has 2 nitrogen and oxygen atoms in total. The smallest absolute Gasteiger partial charge is 0.228 e. The second kappa shape index (κ2) is 5.28. The number of alkyl halides is 1. The van der Waals surface area contributed by atoms with Crippen molar-refractivity contribution in [3.63, 3.8) is 0 Å². The van der Waals surface area contributed by atoms with E-state index in [-0.39, 0.29) is 12.3 Å². The van der Waals surface area contributed by atoms with E-state index in [9.17, 15) is 13.6 Å². The lowest BCUT2D eigenvalue weighted by molar-refractivity contribution is -0.115. The molecular formula is C15H9Cl2F2NO. The summed E-state index contributed by atoms with van der Waals surface area (Å²) in [7, 11) is 0. The van der Waals surface area contributed by atoms with Crippen LogP contribution in [0.15, 0.2) is 30.3 Å². The molecule has 1 aliphatic heterocycles. The van der Waals surface area contributed by atoms with E-state index in [0.29, 0.717) is 21.8 Å². The summed E-state index contributed by atoms with van der Waals surface area (Å²) in [5.74, 6) is -2.01. The summed E-state index contributed by atoms with van der Waals surface area (Å²) in [5.41, 5.74) is 2.39. The summed E-state index contributed by atoms with van der Waals surface area (Å²) >= 11 is 12.5. The molecular weight excluding hydrogens is 319 g/mol. The third-order valence-corrected chi connectivity index (χ3v) is 4.17. The van der Waals surface area contributed by atoms with Crippen molar-refractivity contribution in [2.75, 3.05) is 5.32 Å². The highest BCUT2D eigenvalue weighted by Crippen LogP contribution is 2.38. The van der Waals surface area contributed by atoms with Gasteiger partial charge in [0.05, 0.1) is 11.8 Å². The van der Waals surface area contributed by atoms with Gasteiger partial charge in [-0.15, -0.1) is 11.6 Å². The van der Waals surface area contributed by atoms with Gasteiger partial charge in [0.25, 0.3) is 0 Å². The first kappa shape index (κ1) is 14.3. The Labute approximate surface area is 129 Å². The number of hydrogen-bond acceptors (Lipinski definition) is 1. The van der Waals surface area contributed by atoms with Crippen LogP contribution in [0.4, 0.5) is 14.5 Å². The number of carbonyl (C=O) groups excluding carboxylic acids is 1. The first-order valence-corrected chi connectivity index (χ1v) is 6.98. The van der Waals surface area contributed by atoms with E-state index in [0.717, 1.165) is 17.7 Å². The van der Waals surface area contributed by atoms with Crippen molar-refractivity contribution in [2.45, 2.75) is 11.8 Å². The molecule has 0 bridgehead atoms. The quantitative estimate of drug-likeness (QED) is 0.811. The molecule has 0 fully saturated rings. The lowest BCUT2D eigenvalue weighted by Crippen LogP contribution is -2.03. The average Bonchev–Trinajstić information content (AvgIpc) is 2.79. The predicted molar refractivity (Wildman–Crippen MR) is 77.8 cm³/mol. The predicted octanol–water partition coefficient (Wildman–Crippen LogP) is 4.44. The van der Waals surface area contributed by atoms with E-state index >= 15 is 0 Å². The van der Waals surface area contributed by atoms with Gasteiger partial charge in [0.1, 0.15) is 0 Å². The largest absolute Gasteiger partial charge is 0.325 e. The van der Waals surface area contributed by atoms with Crippen LogP contribution in [0.2, 0.25) is 5.02 Å². The molecule has 21 heavy (non-hydrogen) atoms. The third-order valence-electron chi connectivity index (χ3n) is 3.36. The number of nitrogens with one attached hydrogen (secondary N) is 1. The van der Waals surface area contributed by atoms with E-state index in [2.05, 4.69) is 5.32 Å². The van der Waals surface area contributed by atoms with Gasteiger partial charge < -0.3 is 5.32 Å². The molecule has 6 heteroatoms. The highest BCUT2D eigenvalue weighted by atomic mass is 35.5. The molecule has 2 aromatic rings. The highest BCUT2D eigenvalue weighted by Gasteiger charge is 2.23. The van der Waals surface area contributed by atoms with E-state index in [1.54, 1.807) is 12.1 Å². The normalized spacial score (nSPS) is 14.8. The number of fused-ring (bicyclic) bond motifs is 1. The molecule has 0 saturated heterocycles. The van der Waals surface area contributed by atoms with Gasteiger partial charge in [0.2, 0.25) is 5.91 Å². The lowest BCUT2D eigenvalue weighted by atomic mass is 10.0. The molecule has 2 aromatic carbocycles. The molecule has 1 heterocycles. The van der Waals surface area contributed by atoms with Crippen LogP contribution in [0, 0.1) is 11.6 Å². The van der Waals surface area contributed by atoms with E-state index in [1.807, 2.05) is 0 Å². The second-order valence-corrected chi connectivity index (χ2v) is 5.64. The van der Waals surface area contributed by atoms with Crippen LogP contribution in [0.5, 0.6) is 0 Å². The standard InChI is InChI=1S/C15H9Cl2F2NO/c16-10-6-13-8(5-14(21)20-13)3-9(10)15(17)7-1-2-11(18)12(19)4-7/h1-4,6,15H,5H2,(H,20,21). The molecule has 1 atom stereocenters. The van der Waals surface area contributed by atoms with Gasteiger partial charge in [-0.25, -0.2) is 8.78 Å². The van der Waals surface area contributed by atoms with Crippen LogP contribution < -0.4 is 5.32 Å². The maximum atomic E-state index is 13.3. The van der Waals surface area contributed by atoms with Gasteiger partial charge >= 0.3 is 0 Å². The summed E-state index contributed by atoms with van der Waals surface area (Å²) in [5, 5.41) is 2.32. The zero-order chi connectivity index (χ0) is 15.1. The third kappa shape index (κ3) is 2.61. The molecule has 0 aromatic heterocycles. The Hall–Kier alpha value is -1.65. The van der Waals surface area contributed by atoms with Crippen molar-refractivity contribution in [1.29, 1.82) is 0 Å². The van der Waals surface area contributed by atoms with Crippen molar-refractivity contribution < 1.29 is 13.6 Å². The second-order valence-electron chi connectivity index (χ2n) is 4.79. The van der Waals surface area contributed by atoms with Gasteiger partial charge in [-0.2, -0.15) is 0 Å². The topological polar surface area (TPSA) is 29.1 Å². The van der Waals surface area contributed by atoms with Crippen molar-refractivity contribution in [1.82, 2.24) is 0 Å². The fourth-order valence-electron chi connectivity index (χ4n) is 2.31. The fourth-order valence-corrected chi connectivity index (χ4v) is 2.96. The van der Waals surface area contributed by atoms with Crippen molar-refractivity contribution in [3.05, 3.63) is 63.7 Å². The molecule has 1 aliphatic rings. The van der Waals surface area contributed by atoms with Crippen LogP contribution in [-0.2, 0) is 11.2 Å². The summed E-state index contributed by atoms with van der Waals surface area (Å²) in [6.07, 6.45) is 0.251. The molecule has 0 radical (unpaired) electrons. The van der Waals surface area contributed by atoms with Crippen molar-refractivity contribution in [2.24, 2.45) is 0 Å². The Morgan fingerprint density at radius 1 is 1.14 bits per heavy atom. The Morgan fingerprint density at radius 3 is 2.62 bits per heavy atom. The van der Waals surface area contributed by atoms with Gasteiger partial charge in [-0.3, -0.25) is 4.79 Å². The van der Waals surface area contributed by atoms with Crippen LogP contribution in [0.1, 0.15) is 22.1 Å². The Bertz CT molecular complexity index is 749. The number of rotatable bonds is 2. The van der Waals surface area contributed by atoms with E-state index < -0.39 is 17.0 Å². The number of hydrogen-bond donors (Lipinski definition) is 1. The SMILES string of the molecule is O=C1Cc2cc(C(Cl)c3ccc(F)c(F)c3)c(Cl)cc2N1. The van der Waals surface area contributed by atoms with E-state index in [1.165, 1.54) is 6.07 Å². The van der Waals surface area contributed by atoms with Crippen LogP contribution >= 0.6 is 23.2 Å². The van der Waals surface area contributed by atoms with E-state index in [4.69, 9.17) is 23.2 Å². The van der Waals surface area contributed by atoms with Crippen molar-refractivity contribution in [3.8, 4) is 0 Å². The summed E-state index contributed by atoms with van der Waals surface area (Å²) in [6.45, 7) is 0. The summed E-state index contributed by atoms with van der Waals surface area (Å²) in [4.78, 5) is 11.4. The molecule has 0 aliphatic carbocycles. The minimum Gasteiger partial charge on any atom is -0.325 e. The molecule has 0 spiro atoms.